The molecule has 0 radical (unpaired) electrons. The van der Waals surface area contributed by atoms with Gasteiger partial charge < -0.3 is 10.1 Å². The Hall–Kier alpha value is -3.58. The van der Waals surface area contributed by atoms with Gasteiger partial charge in [-0.1, -0.05) is 17.7 Å². The molecule has 0 saturated carbocycles. The van der Waals surface area contributed by atoms with Gasteiger partial charge in [-0.2, -0.15) is 0 Å². The van der Waals surface area contributed by atoms with Crippen LogP contribution in [0.15, 0.2) is 35.6 Å². The maximum absolute atomic E-state index is 12.8. The third-order valence-corrected chi connectivity index (χ3v) is 4.35. The molecule has 0 bridgehead atoms. The summed E-state index contributed by atoms with van der Waals surface area (Å²) >= 11 is 6.20. The van der Waals surface area contributed by atoms with Crippen LogP contribution >= 0.6 is 11.6 Å². The van der Waals surface area contributed by atoms with Gasteiger partial charge in [0.1, 0.15) is 11.4 Å². The molecular weight excluding hydrogens is 443 g/mol. The van der Waals surface area contributed by atoms with Crippen LogP contribution in [-0.4, -0.2) is 41.2 Å². The summed E-state index contributed by atoms with van der Waals surface area (Å²) < 4.78 is 42.5. The van der Waals surface area contributed by atoms with E-state index >= 15 is 0 Å². The Morgan fingerprint density at radius 2 is 1.94 bits per heavy atom. The summed E-state index contributed by atoms with van der Waals surface area (Å²) in [6.45, 7) is 1.60. The minimum absolute atomic E-state index is 0.0366. The SMILES string of the molecule is Cc1cccnc1C(=O)Nc1c(OC(F)(F)F)ccc(C(=O)NC2=NNNN2C)c1Cl. The summed E-state index contributed by atoms with van der Waals surface area (Å²) in [6, 6.07) is 5.08. The van der Waals surface area contributed by atoms with E-state index in [1.54, 1.807) is 26.1 Å². The van der Waals surface area contributed by atoms with Crippen molar-refractivity contribution in [2.75, 3.05) is 12.4 Å². The lowest BCUT2D eigenvalue weighted by atomic mass is 10.1. The van der Waals surface area contributed by atoms with Crippen molar-refractivity contribution >= 4 is 35.1 Å². The number of hydrazine groups is 2. The Kier molecular flexibility index (Phi) is 6.17. The van der Waals surface area contributed by atoms with Crippen molar-refractivity contribution in [3.8, 4) is 5.75 Å². The van der Waals surface area contributed by atoms with Gasteiger partial charge in [0.15, 0.2) is 5.75 Å². The highest BCUT2D eigenvalue weighted by Crippen LogP contribution is 2.38. The molecule has 2 aromatic rings. The number of amides is 2. The number of hydrogen-bond acceptors (Lipinski definition) is 8. The number of pyridine rings is 1. The van der Waals surface area contributed by atoms with Gasteiger partial charge in [0.05, 0.1) is 10.6 Å². The fraction of sp³-hybridized carbons (Fsp3) is 0.176. The molecule has 1 aliphatic heterocycles. The second kappa shape index (κ2) is 8.65. The lowest BCUT2D eigenvalue weighted by Crippen LogP contribution is -2.45. The van der Waals surface area contributed by atoms with Crippen molar-refractivity contribution in [1.82, 2.24) is 26.4 Å². The predicted molar refractivity (Wildman–Crippen MR) is 104 cm³/mol. The van der Waals surface area contributed by atoms with Gasteiger partial charge in [-0.25, -0.2) is 5.53 Å². The largest absolute Gasteiger partial charge is 0.573 e. The second-order valence-electron chi connectivity index (χ2n) is 6.14. The number of aryl methyl sites for hydroxylation is 1. The van der Waals surface area contributed by atoms with E-state index in [9.17, 15) is 22.8 Å². The maximum atomic E-state index is 12.8. The zero-order valence-corrected chi connectivity index (χ0v) is 16.7. The molecule has 164 valence electrons. The number of alkyl halides is 3. The lowest BCUT2D eigenvalue weighted by Gasteiger charge is -2.18. The van der Waals surface area contributed by atoms with Crippen LogP contribution in [0.2, 0.25) is 5.02 Å². The van der Waals surface area contributed by atoms with Crippen molar-refractivity contribution in [3.05, 3.63) is 52.3 Å². The summed E-state index contributed by atoms with van der Waals surface area (Å²) in [5.74, 6) is -2.34. The number of guanidine groups is 1. The standard InChI is InChI=1S/C17H15ClF3N7O3/c1-8-4-3-7-22-12(8)15(30)23-13-10(31-17(19,20)21)6-5-9(11(13)18)14(29)24-16-25-26-27-28(16)2/h3-7,26-27H,1-2H3,(H,23,30)(H,24,25,29). The first-order valence-corrected chi connectivity index (χ1v) is 8.89. The van der Waals surface area contributed by atoms with E-state index in [0.29, 0.717) is 5.56 Å². The number of hydrazone groups is 1. The number of hydrogen-bond donors (Lipinski definition) is 4. The summed E-state index contributed by atoms with van der Waals surface area (Å²) in [7, 11) is 1.54. The summed E-state index contributed by atoms with van der Waals surface area (Å²) in [6.07, 6.45) is -3.71. The van der Waals surface area contributed by atoms with Crippen LogP contribution in [0.4, 0.5) is 18.9 Å². The van der Waals surface area contributed by atoms with Gasteiger partial charge in [0, 0.05) is 13.2 Å². The zero-order valence-electron chi connectivity index (χ0n) is 16.0. The van der Waals surface area contributed by atoms with Gasteiger partial charge in [-0.3, -0.25) is 24.9 Å². The van der Waals surface area contributed by atoms with Crippen LogP contribution in [-0.2, 0) is 0 Å². The number of carbonyl (C=O) groups excluding carboxylic acids is 2. The number of ether oxygens (including phenoxy) is 1. The molecule has 31 heavy (non-hydrogen) atoms. The Morgan fingerprint density at radius 3 is 2.55 bits per heavy atom. The lowest BCUT2D eigenvalue weighted by molar-refractivity contribution is -0.274. The van der Waals surface area contributed by atoms with Crippen molar-refractivity contribution in [2.24, 2.45) is 5.10 Å². The summed E-state index contributed by atoms with van der Waals surface area (Å²) in [5, 5.41) is 9.28. The summed E-state index contributed by atoms with van der Waals surface area (Å²) in [5.41, 5.74) is 4.63. The number of rotatable bonds is 4. The van der Waals surface area contributed by atoms with E-state index in [1.807, 2.05) is 0 Å². The Morgan fingerprint density at radius 1 is 1.19 bits per heavy atom. The molecule has 0 spiro atoms. The monoisotopic (exact) mass is 457 g/mol. The Bertz CT molecular complexity index is 1060. The minimum Gasteiger partial charge on any atom is -0.404 e. The molecule has 0 fully saturated rings. The molecule has 3 rings (SSSR count). The molecule has 0 unspecified atom stereocenters. The highest BCUT2D eigenvalue weighted by atomic mass is 35.5. The number of halogens is 4. The fourth-order valence-corrected chi connectivity index (χ4v) is 2.81. The molecular formula is C17H15ClF3N7O3. The third-order valence-electron chi connectivity index (χ3n) is 3.96. The molecule has 14 heteroatoms. The van der Waals surface area contributed by atoms with Crippen LogP contribution in [0.1, 0.15) is 26.4 Å². The number of nitrogens with one attached hydrogen (secondary N) is 4. The average Bonchev–Trinajstić information content (AvgIpc) is 3.08. The molecule has 10 nitrogen and oxygen atoms in total. The van der Waals surface area contributed by atoms with Crippen molar-refractivity contribution < 1.29 is 27.5 Å². The Balaban J connectivity index is 1.97. The molecule has 4 N–H and O–H groups in total. The molecule has 0 saturated heterocycles. The number of anilines is 1. The Labute approximate surface area is 178 Å². The quantitative estimate of drug-likeness (QED) is 0.555. The van der Waals surface area contributed by atoms with Gasteiger partial charge in [-0.05, 0) is 30.7 Å². The molecule has 2 heterocycles. The smallest absolute Gasteiger partial charge is 0.404 e. The van der Waals surface area contributed by atoms with Crippen LogP contribution < -0.4 is 26.4 Å². The number of benzene rings is 1. The molecule has 1 aliphatic rings. The highest BCUT2D eigenvalue weighted by Gasteiger charge is 2.34. The van der Waals surface area contributed by atoms with Crippen molar-refractivity contribution in [1.29, 1.82) is 0 Å². The summed E-state index contributed by atoms with van der Waals surface area (Å²) in [4.78, 5) is 29.1. The topological polar surface area (TPSA) is 120 Å². The number of aromatic nitrogens is 1. The van der Waals surface area contributed by atoms with Gasteiger partial charge in [0.25, 0.3) is 11.8 Å². The normalized spacial score (nSPS) is 13.4. The zero-order chi connectivity index (χ0) is 22.8. The highest BCUT2D eigenvalue weighted by molar-refractivity contribution is 6.37. The second-order valence-corrected chi connectivity index (χ2v) is 6.52. The van der Waals surface area contributed by atoms with E-state index < -0.39 is 34.6 Å². The van der Waals surface area contributed by atoms with Crippen molar-refractivity contribution in [2.45, 2.75) is 13.3 Å². The predicted octanol–water partition coefficient (Wildman–Crippen LogP) is 2.15. The van der Waals surface area contributed by atoms with Crippen LogP contribution in [0.5, 0.6) is 5.75 Å². The maximum Gasteiger partial charge on any atom is 0.573 e. The first-order chi connectivity index (χ1) is 14.6. The molecule has 0 aliphatic carbocycles. The average molecular weight is 458 g/mol. The first-order valence-electron chi connectivity index (χ1n) is 8.51. The number of carbonyl (C=O) groups is 2. The van der Waals surface area contributed by atoms with Crippen LogP contribution in [0, 0.1) is 6.92 Å². The third kappa shape index (κ3) is 5.13. The fourth-order valence-electron chi connectivity index (χ4n) is 2.52. The molecule has 0 atom stereocenters. The van der Waals surface area contributed by atoms with E-state index in [1.165, 1.54) is 11.2 Å². The van der Waals surface area contributed by atoms with Crippen molar-refractivity contribution in [3.63, 3.8) is 0 Å². The molecule has 1 aromatic heterocycles. The van der Waals surface area contributed by atoms with E-state index in [0.717, 1.165) is 12.1 Å². The van der Waals surface area contributed by atoms with Crippen LogP contribution in [0.3, 0.4) is 0 Å². The van der Waals surface area contributed by atoms with E-state index in [4.69, 9.17) is 11.6 Å². The van der Waals surface area contributed by atoms with Crippen LogP contribution in [0.25, 0.3) is 0 Å². The molecule has 1 aromatic carbocycles. The van der Waals surface area contributed by atoms with Gasteiger partial charge in [0.2, 0.25) is 5.96 Å². The van der Waals surface area contributed by atoms with E-state index in [2.05, 4.69) is 36.5 Å². The minimum atomic E-state index is -5.06. The van der Waals surface area contributed by atoms with Gasteiger partial charge >= 0.3 is 6.36 Å². The molecule has 2 amide bonds. The first kappa shape index (κ1) is 22.1. The number of nitrogens with zero attached hydrogens (tertiary/aromatic N) is 3. The van der Waals surface area contributed by atoms with Gasteiger partial charge in [-0.15, -0.1) is 23.8 Å². The van der Waals surface area contributed by atoms with E-state index in [-0.39, 0.29) is 17.2 Å².